The molecule has 2 heteroatoms. The summed E-state index contributed by atoms with van der Waals surface area (Å²) in [5.74, 6) is 1.48. The van der Waals surface area contributed by atoms with Crippen LogP contribution in [0.5, 0.6) is 11.5 Å². The Balaban J connectivity index is 2.75. The van der Waals surface area contributed by atoms with Crippen molar-refractivity contribution in [3.8, 4) is 11.5 Å². The number of rotatable bonds is 6. The van der Waals surface area contributed by atoms with Crippen molar-refractivity contribution in [2.75, 3.05) is 0 Å². The minimum atomic E-state index is -0.390. The van der Waals surface area contributed by atoms with Gasteiger partial charge in [0.1, 0.15) is 11.5 Å². The third-order valence-corrected chi connectivity index (χ3v) is 4.35. The normalized spacial score (nSPS) is 12.1. The molecule has 23 heavy (non-hydrogen) atoms. The SMILES string of the molecule is CC(C)CC(CC(C)C)(c1ccccc1O)c1ccccc1O. The van der Waals surface area contributed by atoms with E-state index in [-0.39, 0.29) is 5.41 Å². The average molecular weight is 312 g/mol. The van der Waals surface area contributed by atoms with Gasteiger partial charge in [-0.1, -0.05) is 64.1 Å². The monoisotopic (exact) mass is 312 g/mol. The Morgan fingerprint density at radius 3 is 1.35 bits per heavy atom. The van der Waals surface area contributed by atoms with E-state index in [9.17, 15) is 10.2 Å². The smallest absolute Gasteiger partial charge is 0.119 e. The third kappa shape index (κ3) is 3.69. The molecule has 0 saturated carbocycles. The Labute approximate surface area is 139 Å². The summed E-state index contributed by atoms with van der Waals surface area (Å²) in [4.78, 5) is 0. The zero-order valence-electron chi connectivity index (χ0n) is 14.6. The summed E-state index contributed by atoms with van der Waals surface area (Å²) in [6, 6.07) is 15.1. The predicted octanol–water partition coefficient (Wildman–Crippen LogP) is 5.48. The van der Waals surface area contributed by atoms with E-state index in [4.69, 9.17) is 0 Å². The van der Waals surface area contributed by atoms with Crippen LogP contribution >= 0.6 is 0 Å². The molecule has 0 spiro atoms. The van der Waals surface area contributed by atoms with Gasteiger partial charge in [-0.25, -0.2) is 0 Å². The first kappa shape index (κ1) is 17.4. The zero-order valence-corrected chi connectivity index (χ0v) is 14.6. The molecule has 0 bridgehead atoms. The molecule has 2 rings (SSSR count). The molecular weight excluding hydrogens is 284 g/mol. The largest absolute Gasteiger partial charge is 0.508 e. The van der Waals surface area contributed by atoms with Crippen LogP contribution in [0.3, 0.4) is 0 Å². The van der Waals surface area contributed by atoms with E-state index in [1.807, 2.05) is 36.4 Å². The maximum Gasteiger partial charge on any atom is 0.119 e. The fourth-order valence-electron chi connectivity index (χ4n) is 3.82. The molecule has 2 aromatic carbocycles. The van der Waals surface area contributed by atoms with E-state index in [0.29, 0.717) is 23.3 Å². The van der Waals surface area contributed by atoms with Gasteiger partial charge in [0.2, 0.25) is 0 Å². The summed E-state index contributed by atoms with van der Waals surface area (Å²) in [5.41, 5.74) is 1.42. The first-order valence-corrected chi connectivity index (χ1v) is 8.43. The minimum absolute atomic E-state index is 0.303. The molecule has 0 amide bonds. The van der Waals surface area contributed by atoms with Crippen LogP contribution in [0.1, 0.15) is 51.7 Å². The van der Waals surface area contributed by atoms with E-state index in [1.165, 1.54) is 0 Å². The molecular formula is C21H28O2. The number of phenolic OH excluding ortho intramolecular Hbond substituents is 2. The van der Waals surface area contributed by atoms with Crippen LogP contribution in [0.4, 0.5) is 0 Å². The van der Waals surface area contributed by atoms with Crippen molar-refractivity contribution >= 4 is 0 Å². The fraction of sp³-hybridized carbons (Fsp3) is 0.429. The van der Waals surface area contributed by atoms with Crippen LogP contribution in [0.2, 0.25) is 0 Å². The Morgan fingerprint density at radius 1 is 0.696 bits per heavy atom. The summed E-state index contributed by atoms with van der Waals surface area (Å²) in [5, 5.41) is 21.1. The van der Waals surface area contributed by atoms with Crippen molar-refractivity contribution < 1.29 is 10.2 Å². The van der Waals surface area contributed by atoms with Gasteiger partial charge in [-0.05, 0) is 36.8 Å². The first-order chi connectivity index (χ1) is 10.9. The van der Waals surface area contributed by atoms with Crippen LogP contribution in [-0.2, 0) is 5.41 Å². The van der Waals surface area contributed by atoms with Crippen molar-refractivity contribution in [2.24, 2.45) is 11.8 Å². The molecule has 2 nitrogen and oxygen atoms in total. The molecule has 0 aliphatic carbocycles. The number of benzene rings is 2. The van der Waals surface area contributed by atoms with Gasteiger partial charge in [-0.2, -0.15) is 0 Å². The number of hydrogen-bond donors (Lipinski definition) is 2. The second-order valence-corrected chi connectivity index (χ2v) is 7.31. The molecule has 124 valence electrons. The summed E-state index contributed by atoms with van der Waals surface area (Å²) in [6.45, 7) is 8.76. The highest BCUT2D eigenvalue weighted by Gasteiger charge is 2.39. The van der Waals surface area contributed by atoms with Crippen LogP contribution < -0.4 is 0 Å². The van der Waals surface area contributed by atoms with Gasteiger partial charge in [0.25, 0.3) is 0 Å². The maximum absolute atomic E-state index is 10.5. The van der Waals surface area contributed by atoms with Crippen molar-refractivity contribution in [3.63, 3.8) is 0 Å². The predicted molar refractivity (Wildman–Crippen MR) is 95.9 cm³/mol. The standard InChI is InChI=1S/C21H28O2/c1-15(2)13-21(14-16(3)4,17-9-5-7-11-19(17)22)18-10-6-8-12-20(18)23/h5-12,15-16,22-23H,13-14H2,1-4H3. The second-order valence-electron chi connectivity index (χ2n) is 7.31. The van der Waals surface area contributed by atoms with Gasteiger partial charge < -0.3 is 10.2 Å². The molecule has 0 radical (unpaired) electrons. The van der Waals surface area contributed by atoms with Crippen LogP contribution in [-0.4, -0.2) is 10.2 Å². The lowest BCUT2D eigenvalue weighted by molar-refractivity contribution is 0.310. The molecule has 0 saturated heterocycles. The molecule has 0 aliphatic heterocycles. The van der Waals surface area contributed by atoms with E-state index in [0.717, 1.165) is 24.0 Å². The summed E-state index contributed by atoms with van der Waals surface area (Å²) < 4.78 is 0. The van der Waals surface area contributed by atoms with Gasteiger partial charge >= 0.3 is 0 Å². The lowest BCUT2D eigenvalue weighted by atomic mass is 9.65. The zero-order chi connectivity index (χ0) is 17.0. The van der Waals surface area contributed by atoms with Crippen LogP contribution in [0.25, 0.3) is 0 Å². The Hall–Kier alpha value is -1.96. The molecule has 0 fully saturated rings. The summed E-state index contributed by atoms with van der Waals surface area (Å²) >= 11 is 0. The Kier molecular flexibility index (Phi) is 5.35. The van der Waals surface area contributed by atoms with Gasteiger partial charge in [0.05, 0.1) is 0 Å². The van der Waals surface area contributed by atoms with E-state index < -0.39 is 0 Å². The quantitative estimate of drug-likeness (QED) is 0.742. The van der Waals surface area contributed by atoms with Crippen LogP contribution in [0, 0.1) is 11.8 Å². The highest BCUT2D eigenvalue weighted by atomic mass is 16.3. The van der Waals surface area contributed by atoms with Gasteiger partial charge in [0.15, 0.2) is 0 Å². The van der Waals surface area contributed by atoms with E-state index in [2.05, 4.69) is 27.7 Å². The highest BCUT2D eigenvalue weighted by molar-refractivity contribution is 5.51. The first-order valence-electron chi connectivity index (χ1n) is 8.43. The molecule has 0 unspecified atom stereocenters. The number of hydrogen-bond acceptors (Lipinski definition) is 2. The minimum Gasteiger partial charge on any atom is -0.508 e. The lowest BCUT2D eigenvalue weighted by Gasteiger charge is -2.39. The molecule has 0 aromatic heterocycles. The number of phenols is 2. The fourth-order valence-corrected chi connectivity index (χ4v) is 3.82. The van der Waals surface area contributed by atoms with E-state index in [1.54, 1.807) is 12.1 Å². The average Bonchev–Trinajstić information content (AvgIpc) is 2.46. The van der Waals surface area contributed by atoms with Crippen LogP contribution in [0.15, 0.2) is 48.5 Å². The molecule has 2 N–H and O–H groups in total. The van der Waals surface area contributed by atoms with Crippen molar-refractivity contribution in [1.82, 2.24) is 0 Å². The van der Waals surface area contributed by atoms with Crippen molar-refractivity contribution in [3.05, 3.63) is 59.7 Å². The summed E-state index contributed by atoms with van der Waals surface area (Å²) in [7, 11) is 0. The third-order valence-electron chi connectivity index (χ3n) is 4.35. The Bertz CT molecular complexity index is 586. The second kappa shape index (κ2) is 7.08. The lowest BCUT2D eigenvalue weighted by Crippen LogP contribution is -2.31. The van der Waals surface area contributed by atoms with Gasteiger partial charge in [0, 0.05) is 16.5 Å². The van der Waals surface area contributed by atoms with Gasteiger partial charge in [-0.3, -0.25) is 0 Å². The maximum atomic E-state index is 10.5. The number of para-hydroxylation sites is 2. The van der Waals surface area contributed by atoms with Gasteiger partial charge in [-0.15, -0.1) is 0 Å². The topological polar surface area (TPSA) is 40.5 Å². The number of aromatic hydroxyl groups is 2. The molecule has 0 atom stereocenters. The van der Waals surface area contributed by atoms with Crippen molar-refractivity contribution in [1.29, 1.82) is 0 Å². The Morgan fingerprint density at radius 2 is 1.04 bits per heavy atom. The van der Waals surface area contributed by atoms with Crippen molar-refractivity contribution in [2.45, 2.75) is 46.0 Å². The van der Waals surface area contributed by atoms with E-state index >= 15 is 0 Å². The molecule has 0 aliphatic rings. The highest BCUT2D eigenvalue weighted by Crippen LogP contribution is 2.48. The molecule has 2 aromatic rings. The molecule has 0 heterocycles. The summed E-state index contributed by atoms with van der Waals surface area (Å²) in [6.07, 6.45) is 1.75.